The van der Waals surface area contributed by atoms with Gasteiger partial charge >= 0.3 is 0 Å². The predicted molar refractivity (Wildman–Crippen MR) is 165 cm³/mol. The van der Waals surface area contributed by atoms with Crippen molar-refractivity contribution < 1.29 is 13.2 Å². The molecule has 7 nitrogen and oxygen atoms in total. The van der Waals surface area contributed by atoms with E-state index in [1.165, 1.54) is 26.8 Å². The van der Waals surface area contributed by atoms with Gasteiger partial charge in [-0.25, -0.2) is 13.4 Å². The van der Waals surface area contributed by atoms with Crippen LogP contribution in [0.4, 0.5) is 5.13 Å². The van der Waals surface area contributed by atoms with Gasteiger partial charge in [0, 0.05) is 25.2 Å². The summed E-state index contributed by atoms with van der Waals surface area (Å²) >= 11 is 1.51. The lowest BCUT2D eigenvalue weighted by Gasteiger charge is -2.28. The van der Waals surface area contributed by atoms with Crippen LogP contribution in [0.5, 0.6) is 0 Å². The molecule has 10 heteroatoms. The highest BCUT2D eigenvalue weighted by atomic mass is 35.5. The normalized spacial score (nSPS) is 13.7. The Kier molecular flexibility index (Phi) is 9.32. The van der Waals surface area contributed by atoms with Crippen LogP contribution in [-0.2, 0) is 23.0 Å². The number of fused-ring (bicyclic) bond motifs is 2. The zero-order valence-electron chi connectivity index (χ0n) is 23.3. The van der Waals surface area contributed by atoms with Gasteiger partial charge in [0.05, 0.1) is 15.1 Å². The van der Waals surface area contributed by atoms with E-state index in [-0.39, 0.29) is 23.2 Å². The number of halogens is 1. The average molecular weight is 599 g/mol. The number of nitrogens with zero attached hydrogens (tertiary/aromatic N) is 4. The van der Waals surface area contributed by atoms with Gasteiger partial charge in [0.2, 0.25) is 10.0 Å². The highest BCUT2D eigenvalue weighted by Crippen LogP contribution is 2.33. The van der Waals surface area contributed by atoms with E-state index in [2.05, 4.69) is 36.9 Å². The molecule has 3 aromatic carbocycles. The summed E-state index contributed by atoms with van der Waals surface area (Å²) in [4.78, 5) is 22.6. The van der Waals surface area contributed by atoms with Crippen LogP contribution in [0, 0.1) is 13.8 Å². The number of sulfonamides is 1. The van der Waals surface area contributed by atoms with Crippen molar-refractivity contribution in [3.05, 3.63) is 88.5 Å². The lowest BCUT2D eigenvalue weighted by Crippen LogP contribution is -2.36. The summed E-state index contributed by atoms with van der Waals surface area (Å²) in [7, 11) is 0.343. The molecule has 0 saturated heterocycles. The fraction of sp³-hybridized carbons (Fsp3) is 0.333. The van der Waals surface area contributed by atoms with E-state index >= 15 is 0 Å². The second-order valence-corrected chi connectivity index (χ2v) is 13.3. The number of aryl methyl sites for hydroxylation is 2. The van der Waals surface area contributed by atoms with Crippen molar-refractivity contribution in [2.24, 2.45) is 0 Å². The molecule has 40 heavy (non-hydrogen) atoms. The van der Waals surface area contributed by atoms with Crippen molar-refractivity contribution in [1.82, 2.24) is 14.2 Å². The first kappa shape index (κ1) is 30.1. The van der Waals surface area contributed by atoms with Gasteiger partial charge in [0.15, 0.2) is 5.13 Å². The molecule has 5 rings (SSSR count). The molecular formula is C30H35ClN4O3S2. The van der Waals surface area contributed by atoms with Crippen LogP contribution >= 0.6 is 23.7 Å². The molecule has 0 unspecified atom stereocenters. The van der Waals surface area contributed by atoms with Gasteiger partial charge in [-0.3, -0.25) is 9.69 Å². The number of rotatable bonds is 8. The molecule has 0 spiro atoms. The van der Waals surface area contributed by atoms with Crippen LogP contribution in [0.25, 0.3) is 10.2 Å². The quantitative estimate of drug-likeness (QED) is 0.261. The first-order valence-corrected chi connectivity index (χ1v) is 15.4. The number of thiazole rings is 1. The van der Waals surface area contributed by atoms with Crippen LogP contribution in [-0.4, -0.2) is 62.2 Å². The minimum atomic E-state index is -3.68. The lowest BCUT2D eigenvalue weighted by molar-refractivity contribution is 0.0986. The average Bonchev–Trinajstić information content (AvgIpc) is 3.37. The fourth-order valence-corrected chi connectivity index (χ4v) is 7.38. The van der Waals surface area contributed by atoms with E-state index in [1.54, 1.807) is 29.2 Å². The molecule has 1 aromatic heterocycles. The maximum atomic E-state index is 13.8. The third-order valence-corrected chi connectivity index (χ3v) is 10.3. The molecule has 0 radical (unpaired) electrons. The Hall–Kier alpha value is -2.82. The standard InChI is InChI=1S/C30H34N4O3S2.ClH/c1-21-10-15-27-28(22(21)2)31-30(38-27)34(18-7-17-32(3)4)29(35)24-11-13-26(14-12-24)39(36,37)33-19-16-23-8-5-6-9-25(23)20-33;/h5-6,8-15H,7,16-20H2,1-4H3;1H. The molecular weight excluding hydrogens is 564 g/mol. The van der Waals surface area contributed by atoms with E-state index in [0.29, 0.717) is 36.8 Å². The van der Waals surface area contributed by atoms with E-state index in [9.17, 15) is 13.2 Å². The van der Waals surface area contributed by atoms with Gasteiger partial charge in [-0.05, 0) is 99.9 Å². The SMILES string of the molecule is Cc1ccc2sc(N(CCCN(C)C)C(=O)c3ccc(S(=O)(=O)N4CCc5ccccc5C4)cc3)nc2c1C.Cl. The Bertz CT molecular complexity index is 1620. The molecule has 1 aliphatic heterocycles. The van der Waals surface area contributed by atoms with Crippen LogP contribution in [0.3, 0.4) is 0 Å². The fourth-order valence-electron chi connectivity index (χ4n) is 4.91. The van der Waals surface area contributed by atoms with E-state index in [0.717, 1.165) is 34.3 Å². The van der Waals surface area contributed by atoms with Crippen molar-refractivity contribution in [2.45, 2.75) is 38.1 Å². The third-order valence-electron chi connectivity index (χ3n) is 7.37. The summed E-state index contributed by atoms with van der Waals surface area (Å²) in [6, 6.07) is 18.4. The molecule has 0 fully saturated rings. The maximum Gasteiger partial charge on any atom is 0.260 e. The summed E-state index contributed by atoms with van der Waals surface area (Å²) in [6.07, 6.45) is 1.48. The summed E-state index contributed by atoms with van der Waals surface area (Å²) in [5.74, 6) is -0.182. The molecule has 0 N–H and O–H groups in total. The minimum Gasteiger partial charge on any atom is -0.309 e. The van der Waals surface area contributed by atoms with Gasteiger partial charge in [-0.2, -0.15) is 4.31 Å². The highest BCUT2D eigenvalue weighted by molar-refractivity contribution is 7.89. The van der Waals surface area contributed by atoms with Crippen molar-refractivity contribution in [2.75, 3.05) is 38.6 Å². The van der Waals surface area contributed by atoms with Crippen LogP contribution in [0.1, 0.15) is 39.0 Å². The summed E-state index contributed by atoms with van der Waals surface area (Å²) in [5.41, 5.74) is 5.87. The molecule has 4 aromatic rings. The largest absolute Gasteiger partial charge is 0.309 e. The number of carbonyl (C=O) groups is 1. The number of anilines is 1. The molecule has 0 atom stereocenters. The second-order valence-electron chi connectivity index (χ2n) is 10.3. The number of carbonyl (C=O) groups excluding carboxylic acids is 1. The molecule has 2 heterocycles. The van der Waals surface area contributed by atoms with Gasteiger partial charge in [-0.1, -0.05) is 41.7 Å². The van der Waals surface area contributed by atoms with E-state index in [4.69, 9.17) is 4.98 Å². The highest BCUT2D eigenvalue weighted by Gasteiger charge is 2.29. The van der Waals surface area contributed by atoms with E-state index in [1.807, 2.05) is 32.3 Å². The molecule has 0 saturated carbocycles. The second kappa shape index (κ2) is 12.4. The summed E-state index contributed by atoms with van der Waals surface area (Å²) < 4.78 is 29.4. The topological polar surface area (TPSA) is 73.8 Å². The summed E-state index contributed by atoms with van der Waals surface area (Å²) in [5, 5.41) is 0.658. The summed E-state index contributed by atoms with van der Waals surface area (Å²) in [6.45, 7) is 6.27. The van der Waals surface area contributed by atoms with Crippen molar-refractivity contribution in [1.29, 1.82) is 0 Å². The monoisotopic (exact) mass is 598 g/mol. The first-order chi connectivity index (χ1) is 18.6. The maximum absolute atomic E-state index is 13.8. The molecule has 0 bridgehead atoms. The van der Waals surface area contributed by atoms with Crippen LogP contribution in [0.15, 0.2) is 65.6 Å². The molecule has 0 aliphatic carbocycles. The number of amides is 1. The Morgan fingerprint density at radius 1 is 0.975 bits per heavy atom. The number of hydrogen-bond acceptors (Lipinski definition) is 6. The molecule has 1 aliphatic rings. The molecule has 1 amide bonds. The van der Waals surface area contributed by atoms with Crippen molar-refractivity contribution in [3.8, 4) is 0 Å². The van der Waals surface area contributed by atoms with E-state index < -0.39 is 10.0 Å². The number of aromatic nitrogens is 1. The molecule has 212 valence electrons. The van der Waals surface area contributed by atoms with Crippen molar-refractivity contribution in [3.63, 3.8) is 0 Å². The van der Waals surface area contributed by atoms with Gasteiger partial charge in [0.25, 0.3) is 5.91 Å². The van der Waals surface area contributed by atoms with Gasteiger partial charge in [-0.15, -0.1) is 12.4 Å². The third kappa shape index (κ3) is 6.09. The van der Waals surface area contributed by atoms with Crippen LogP contribution < -0.4 is 4.90 Å². The smallest absolute Gasteiger partial charge is 0.260 e. The Morgan fingerprint density at radius 2 is 1.68 bits per heavy atom. The zero-order valence-corrected chi connectivity index (χ0v) is 25.7. The van der Waals surface area contributed by atoms with Gasteiger partial charge in [0.1, 0.15) is 0 Å². The Morgan fingerprint density at radius 3 is 2.38 bits per heavy atom. The lowest BCUT2D eigenvalue weighted by atomic mass is 10.0. The van der Waals surface area contributed by atoms with Gasteiger partial charge < -0.3 is 4.90 Å². The Balaban J connectivity index is 0.00000370. The van der Waals surface area contributed by atoms with Crippen molar-refractivity contribution >= 4 is 55.0 Å². The predicted octanol–water partition coefficient (Wildman–Crippen LogP) is 5.68. The number of benzene rings is 3. The first-order valence-electron chi connectivity index (χ1n) is 13.2. The van der Waals surface area contributed by atoms with Crippen LogP contribution in [0.2, 0.25) is 0 Å². The minimum absolute atomic E-state index is 0. The zero-order chi connectivity index (χ0) is 27.7. The number of hydrogen-bond donors (Lipinski definition) is 0. The Labute approximate surface area is 246 Å².